The molecule has 0 aliphatic carbocycles. The molecule has 4 heterocycles. The fourth-order valence-electron chi connectivity index (χ4n) is 6.78. The van der Waals surface area contributed by atoms with Crippen LogP contribution in [0.3, 0.4) is 0 Å². The van der Waals surface area contributed by atoms with Crippen LogP contribution >= 0.6 is 0 Å². The van der Waals surface area contributed by atoms with E-state index in [0.717, 1.165) is 56.5 Å². The zero-order chi connectivity index (χ0) is 36.4. The third-order valence-corrected chi connectivity index (χ3v) is 9.41. The molecule has 0 spiro atoms. The predicted octanol–water partition coefficient (Wildman–Crippen LogP) is 12.5. The van der Waals surface area contributed by atoms with Crippen LogP contribution in [0.2, 0.25) is 0 Å². The van der Waals surface area contributed by atoms with E-state index >= 15 is 0 Å². The van der Waals surface area contributed by atoms with Crippen molar-refractivity contribution in [2.75, 3.05) is 0 Å². The second-order valence-corrected chi connectivity index (χ2v) is 14.8. The summed E-state index contributed by atoms with van der Waals surface area (Å²) < 4.78 is 6.46. The van der Waals surface area contributed by atoms with Gasteiger partial charge in [-0.1, -0.05) is 97.9 Å². The van der Waals surface area contributed by atoms with Gasteiger partial charge in [-0.3, -0.25) is 0 Å². The Hall–Kier alpha value is -5.22. The van der Waals surface area contributed by atoms with E-state index in [2.05, 4.69) is 125 Å². The molecule has 8 aromatic rings. The largest absolute Gasteiger partial charge is 0.486 e. The number of furan rings is 1. The van der Waals surface area contributed by atoms with Crippen molar-refractivity contribution in [1.29, 1.82) is 0 Å². The standard InChI is InChI=1S/C36H33N2O.C12H10N.Ir/c1-22-15-16-27(25-11-8-7-9-12-25)24(3)33(22)31-18-17-29-28-13-10-14-30(34(28)39-35(29)38-31)32-19-23(2)26(21-37-32)20-36(4,5)6;1-10-7-8-12(13-9-10)11-5-3-2-4-6-11;/h7-13,15-19,21H,20H2,1-6H3;2-5,7-9H,1H3;/q2*-1;. The molecular formula is C48H43IrN3O-2. The number of aromatic nitrogens is 3. The Morgan fingerprint density at radius 3 is 2.11 bits per heavy atom. The van der Waals surface area contributed by atoms with Crippen LogP contribution in [0.15, 0.2) is 126 Å². The van der Waals surface area contributed by atoms with Crippen molar-refractivity contribution in [3.8, 4) is 44.9 Å². The van der Waals surface area contributed by atoms with Crippen LogP contribution in [0.4, 0.5) is 0 Å². The van der Waals surface area contributed by atoms with Crippen LogP contribution in [0.1, 0.15) is 48.6 Å². The number of fused-ring (bicyclic) bond motifs is 3. The summed E-state index contributed by atoms with van der Waals surface area (Å²) in [6.45, 7) is 15.3. The fraction of sp³-hybridized carbons (Fsp3) is 0.188. The van der Waals surface area contributed by atoms with Gasteiger partial charge in [0, 0.05) is 43.4 Å². The average molecular weight is 870 g/mol. The molecule has 4 aromatic carbocycles. The fourth-order valence-corrected chi connectivity index (χ4v) is 6.78. The summed E-state index contributed by atoms with van der Waals surface area (Å²) in [6.07, 6.45) is 4.87. The molecule has 0 bridgehead atoms. The van der Waals surface area contributed by atoms with Crippen molar-refractivity contribution in [1.82, 2.24) is 15.0 Å². The van der Waals surface area contributed by atoms with Crippen LogP contribution < -0.4 is 0 Å². The van der Waals surface area contributed by atoms with Crippen LogP contribution in [-0.2, 0) is 26.5 Å². The maximum Gasteiger partial charge on any atom is 0.216 e. The molecule has 0 unspecified atom stereocenters. The molecule has 0 atom stereocenters. The molecule has 0 N–H and O–H groups in total. The van der Waals surface area contributed by atoms with Gasteiger partial charge in [0.1, 0.15) is 0 Å². The zero-order valence-corrected chi connectivity index (χ0v) is 33.7. The Labute approximate surface area is 326 Å². The van der Waals surface area contributed by atoms with E-state index < -0.39 is 0 Å². The smallest absolute Gasteiger partial charge is 0.216 e. The van der Waals surface area contributed by atoms with Crippen LogP contribution in [0.25, 0.3) is 67.0 Å². The Bertz CT molecular complexity index is 2500. The minimum absolute atomic E-state index is 0. The number of hydrogen-bond acceptors (Lipinski definition) is 4. The van der Waals surface area contributed by atoms with Gasteiger partial charge < -0.3 is 14.4 Å². The third kappa shape index (κ3) is 8.23. The summed E-state index contributed by atoms with van der Waals surface area (Å²) in [4.78, 5) is 14.2. The van der Waals surface area contributed by atoms with Gasteiger partial charge in [0.25, 0.3) is 0 Å². The molecule has 0 saturated heterocycles. The van der Waals surface area contributed by atoms with Gasteiger partial charge in [-0.05, 0) is 96.4 Å². The number of aryl methyl sites for hydroxylation is 3. The normalized spacial score (nSPS) is 11.2. The van der Waals surface area contributed by atoms with Crippen LogP contribution in [0.5, 0.6) is 0 Å². The first-order valence-electron chi connectivity index (χ1n) is 17.8. The second kappa shape index (κ2) is 15.8. The monoisotopic (exact) mass is 870 g/mol. The SMILES string of the molecule is Cc1cc(-c2[c-]ccc3c2oc2nc(-c4c(C)ccc(-c5ccccc5)c4C)ccc23)ncc1CC(C)(C)C.Cc1ccc(-c2[c-]cccc2)nc1.[Ir]. The molecule has 4 nitrogen and oxygen atoms in total. The third-order valence-electron chi connectivity index (χ3n) is 9.41. The van der Waals surface area contributed by atoms with Crippen LogP contribution in [0, 0.1) is 45.2 Å². The number of rotatable bonds is 5. The molecule has 5 heteroatoms. The minimum Gasteiger partial charge on any atom is -0.486 e. The summed E-state index contributed by atoms with van der Waals surface area (Å²) in [6, 6.07) is 43.8. The molecule has 0 saturated carbocycles. The van der Waals surface area contributed by atoms with Crippen molar-refractivity contribution in [3.05, 3.63) is 162 Å². The Kier molecular flexibility index (Phi) is 11.2. The first-order valence-corrected chi connectivity index (χ1v) is 17.8. The summed E-state index contributed by atoms with van der Waals surface area (Å²) in [7, 11) is 0. The second-order valence-electron chi connectivity index (χ2n) is 14.8. The molecule has 8 rings (SSSR count). The van der Waals surface area contributed by atoms with Gasteiger partial charge in [0.2, 0.25) is 5.71 Å². The van der Waals surface area contributed by atoms with Crippen molar-refractivity contribution in [2.24, 2.45) is 5.41 Å². The number of hydrogen-bond donors (Lipinski definition) is 0. The van der Waals surface area contributed by atoms with Gasteiger partial charge in [-0.15, -0.1) is 54.1 Å². The van der Waals surface area contributed by atoms with Gasteiger partial charge in [0.15, 0.2) is 0 Å². The Morgan fingerprint density at radius 1 is 0.660 bits per heavy atom. The van der Waals surface area contributed by atoms with Gasteiger partial charge in [-0.25, -0.2) is 4.98 Å². The molecule has 0 amide bonds. The molecular weight excluding hydrogens is 827 g/mol. The number of benzene rings is 4. The number of pyridine rings is 3. The summed E-state index contributed by atoms with van der Waals surface area (Å²) in [5, 5.41) is 2.03. The summed E-state index contributed by atoms with van der Waals surface area (Å²) >= 11 is 0. The first-order chi connectivity index (χ1) is 25.1. The van der Waals surface area contributed by atoms with Crippen LogP contribution in [-0.4, -0.2) is 15.0 Å². The van der Waals surface area contributed by atoms with E-state index in [9.17, 15) is 0 Å². The quantitative estimate of drug-likeness (QED) is 0.162. The van der Waals surface area contributed by atoms with Crippen molar-refractivity contribution >= 4 is 22.1 Å². The van der Waals surface area contributed by atoms with Crippen molar-refractivity contribution in [3.63, 3.8) is 0 Å². The molecule has 0 aliphatic rings. The first kappa shape index (κ1) is 37.5. The predicted molar refractivity (Wildman–Crippen MR) is 215 cm³/mol. The van der Waals surface area contributed by atoms with E-state index in [1.807, 2.05) is 61.8 Å². The van der Waals surface area contributed by atoms with E-state index in [1.54, 1.807) is 0 Å². The summed E-state index contributed by atoms with van der Waals surface area (Å²) in [5.74, 6) is 0. The van der Waals surface area contributed by atoms with Gasteiger partial charge >= 0.3 is 0 Å². The molecule has 0 aliphatic heterocycles. The molecule has 1 radical (unpaired) electrons. The van der Waals surface area contributed by atoms with E-state index in [-0.39, 0.29) is 25.5 Å². The Morgan fingerprint density at radius 2 is 1.42 bits per heavy atom. The number of nitrogens with zero attached hydrogens (tertiary/aromatic N) is 3. The molecule has 267 valence electrons. The Balaban J connectivity index is 0.000000289. The van der Waals surface area contributed by atoms with Gasteiger partial charge in [0.05, 0.1) is 11.3 Å². The topological polar surface area (TPSA) is 51.8 Å². The summed E-state index contributed by atoms with van der Waals surface area (Å²) in [5.41, 5.74) is 16.0. The van der Waals surface area contributed by atoms with E-state index in [0.29, 0.717) is 5.71 Å². The maximum absolute atomic E-state index is 6.46. The molecule has 4 aromatic heterocycles. The average Bonchev–Trinajstić information content (AvgIpc) is 3.52. The molecule has 53 heavy (non-hydrogen) atoms. The maximum atomic E-state index is 6.46. The van der Waals surface area contributed by atoms with E-state index in [1.165, 1.54) is 38.9 Å². The molecule has 0 fully saturated rings. The van der Waals surface area contributed by atoms with E-state index in [4.69, 9.17) is 14.4 Å². The van der Waals surface area contributed by atoms with Crippen molar-refractivity contribution < 1.29 is 24.5 Å². The zero-order valence-electron chi connectivity index (χ0n) is 31.3. The van der Waals surface area contributed by atoms with Crippen molar-refractivity contribution in [2.45, 2.75) is 54.9 Å². The minimum atomic E-state index is 0. The van der Waals surface area contributed by atoms with Gasteiger partial charge in [-0.2, -0.15) is 0 Å².